The van der Waals surface area contributed by atoms with Gasteiger partial charge in [0.15, 0.2) is 6.61 Å². The highest BCUT2D eigenvalue weighted by Crippen LogP contribution is 2.21. The van der Waals surface area contributed by atoms with E-state index in [1.807, 2.05) is 44.2 Å². The van der Waals surface area contributed by atoms with Gasteiger partial charge in [0, 0.05) is 36.6 Å². The topological polar surface area (TPSA) is 104 Å². The summed E-state index contributed by atoms with van der Waals surface area (Å²) in [5, 5.41) is 0. The summed E-state index contributed by atoms with van der Waals surface area (Å²) in [7, 11) is -3.84. The van der Waals surface area contributed by atoms with Crippen molar-refractivity contribution in [3.63, 3.8) is 0 Å². The number of aryl methyl sites for hydroxylation is 1. The van der Waals surface area contributed by atoms with E-state index in [1.165, 1.54) is 24.3 Å². The molecule has 1 fully saturated rings. The summed E-state index contributed by atoms with van der Waals surface area (Å²) in [4.78, 5) is 25.4. The number of sulfonamides is 1. The largest absolute Gasteiger partial charge is 0.454 e. The predicted octanol–water partition coefficient (Wildman–Crippen LogP) is 3.80. The van der Waals surface area contributed by atoms with Crippen molar-refractivity contribution >= 4 is 21.8 Å². The number of Topliss-reactive ketones (excluding diaryl/α,β-unsaturated/α-hetero) is 1. The molecule has 1 N–H and O–H groups in total. The minimum atomic E-state index is -3.84. The van der Waals surface area contributed by atoms with E-state index in [0.29, 0.717) is 12.1 Å². The number of nitrogens with one attached hydrogen (secondary N) is 1. The molecule has 36 heavy (non-hydrogen) atoms. The molecule has 9 heteroatoms. The monoisotopic (exact) mass is 510 g/mol. The zero-order valence-corrected chi connectivity index (χ0v) is 21.2. The van der Waals surface area contributed by atoms with Crippen LogP contribution >= 0.6 is 0 Å². The molecule has 0 radical (unpaired) electrons. The molecule has 1 aliphatic rings. The SMILES string of the molecule is Cc1cc(C(=O)COC(=O)c2cccc(S(=O)(=O)NCc3ccccc3)c2)c(C)n1CC1CCCO1. The van der Waals surface area contributed by atoms with Crippen LogP contribution in [0.5, 0.6) is 0 Å². The van der Waals surface area contributed by atoms with Gasteiger partial charge in [-0.1, -0.05) is 36.4 Å². The van der Waals surface area contributed by atoms with Gasteiger partial charge in [0.25, 0.3) is 0 Å². The number of ketones is 1. The molecule has 1 aromatic heterocycles. The van der Waals surface area contributed by atoms with Crippen LogP contribution in [-0.2, 0) is 32.6 Å². The highest BCUT2D eigenvalue weighted by molar-refractivity contribution is 7.89. The predicted molar refractivity (Wildman–Crippen MR) is 134 cm³/mol. The van der Waals surface area contributed by atoms with Gasteiger partial charge in [-0.25, -0.2) is 17.9 Å². The van der Waals surface area contributed by atoms with Crippen molar-refractivity contribution in [3.05, 3.63) is 88.7 Å². The quantitative estimate of drug-likeness (QED) is 0.329. The van der Waals surface area contributed by atoms with Gasteiger partial charge in [-0.05, 0) is 56.5 Å². The summed E-state index contributed by atoms with van der Waals surface area (Å²) in [6.07, 6.45) is 2.17. The third kappa shape index (κ3) is 6.10. The van der Waals surface area contributed by atoms with Crippen LogP contribution in [0.15, 0.2) is 65.6 Å². The molecule has 2 heterocycles. The van der Waals surface area contributed by atoms with Crippen LogP contribution in [0.1, 0.15) is 50.5 Å². The van der Waals surface area contributed by atoms with E-state index in [2.05, 4.69) is 9.29 Å². The summed E-state index contributed by atoms with van der Waals surface area (Å²) in [5.74, 6) is -1.08. The molecule has 0 spiro atoms. The summed E-state index contributed by atoms with van der Waals surface area (Å²) in [5.41, 5.74) is 3.11. The fraction of sp³-hybridized carbons (Fsp3) is 0.333. The van der Waals surface area contributed by atoms with Crippen LogP contribution in [-0.4, -0.2) is 44.1 Å². The first-order valence-electron chi connectivity index (χ1n) is 11.9. The molecule has 2 aromatic carbocycles. The highest BCUT2D eigenvalue weighted by Gasteiger charge is 2.22. The number of rotatable bonds is 10. The molecule has 4 rings (SSSR count). The zero-order valence-electron chi connectivity index (χ0n) is 20.4. The van der Waals surface area contributed by atoms with Gasteiger partial charge in [-0.3, -0.25) is 4.79 Å². The zero-order chi connectivity index (χ0) is 25.7. The normalized spacial score (nSPS) is 15.7. The van der Waals surface area contributed by atoms with Crippen molar-refractivity contribution in [1.82, 2.24) is 9.29 Å². The maximum absolute atomic E-state index is 12.8. The van der Waals surface area contributed by atoms with Gasteiger partial charge in [0.2, 0.25) is 15.8 Å². The first kappa shape index (κ1) is 25.8. The van der Waals surface area contributed by atoms with E-state index < -0.39 is 22.6 Å². The Hall–Kier alpha value is -3.27. The number of ether oxygens (including phenoxy) is 2. The number of carbonyl (C=O) groups is 2. The molecule has 8 nitrogen and oxygen atoms in total. The summed E-state index contributed by atoms with van der Waals surface area (Å²) in [6, 6.07) is 16.5. The fourth-order valence-electron chi connectivity index (χ4n) is 4.30. The van der Waals surface area contributed by atoms with Crippen molar-refractivity contribution in [2.45, 2.75) is 50.8 Å². The van der Waals surface area contributed by atoms with Crippen molar-refractivity contribution < 1.29 is 27.5 Å². The number of esters is 1. The number of aromatic nitrogens is 1. The lowest BCUT2D eigenvalue weighted by Crippen LogP contribution is -2.23. The van der Waals surface area contributed by atoms with Crippen LogP contribution in [0, 0.1) is 13.8 Å². The lowest BCUT2D eigenvalue weighted by atomic mass is 10.1. The van der Waals surface area contributed by atoms with E-state index in [4.69, 9.17) is 9.47 Å². The number of benzene rings is 2. The van der Waals surface area contributed by atoms with Gasteiger partial charge >= 0.3 is 5.97 Å². The summed E-state index contributed by atoms with van der Waals surface area (Å²) in [6.45, 7) is 4.93. The molecule has 1 unspecified atom stereocenters. The summed E-state index contributed by atoms with van der Waals surface area (Å²) < 4.78 is 40.9. The summed E-state index contributed by atoms with van der Waals surface area (Å²) >= 11 is 0. The number of nitrogens with zero attached hydrogens (tertiary/aromatic N) is 1. The molecular weight excluding hydrogens is 480 g/mol. The molecule has 0 saturated carbocycles. The van der Waals surface area contributed by atoms with Crippen molar-refractivity contribution in [2.24, 2.45) is 0 Å². The van der Waals surface area contributed by atoms with Crippen LogP contribution in [0.25, 0.3) is 0 Å². The van der Waals surface area contributed by atoms with Crippen LogP contribution in [0.2, 0.25) is 0 Å². The third-order valence-corrected chi connectivity index (χ3v) is 7.71. The van der Waals surface area contributed by atoms with Gasteiger partial charge in [0.05, 0.1) is 16.6 Å². The molecule has 190 valence electrons. The lowest BCUT2D eigenvalue weighted by molar-refractivity contribution is 0.0474. The molecule has 3 aromatic rings. The van der Waals surface area contributed by atoms with E-state index in [0.717, 1.165) is 36.4 Å². The smallest absolute Gasteiger partial charge is 0.338 e. The molecule has 0 aliphatic carbocycles. The van der Waals surface area contributed by atoms with Crippen LogP contribution in [0.4, 0.5) is 0 Å². The second-order valence-electron chi connectivity index (χ2n) is 8.87. The Morgan fingerprint density at radius 1 is 1.08 bits per heavy atom. The Balaban J connectivity index is 1.38. The molecule has 0 amide bonds. The number of hydrogen-bond acceptors (Lipinski definition) is 6. The first-order valence-corrected chi connectivity index (χ1v) is 13.4. The Morgan fingerprint density at radius 3 is 2.58 bits per heavy atom. The lowest BCUT2D eigenvalue weighted by Gasteiger charge is -2.14. The maximum atomic E-state index is 12.8. The third-order valence-electron chi connectivity index (χ3n) is 6.31. The second-order valence-corrected chi connectivity index (χ2v) is 10.6. The van der Waals surface area contributed by atoms with Gasteiger partial charge in [-0.2, -0.15) is 0 Å². The maximum Gasteiger partial charge on any atom is 0.338 e. The first-order chi connectivity index (χ1) is 17.2. The highest BCUT2D eigenvalue weighted by atomic mass is 32.2. The van der Waals surface area contributed by atoms with E-state index in [9.17, 15) is 18.0 Å². The molecule has 0 bridgehead atoms. The average molecular weight is 511 g/mol. The standard InChI is InChI=1S/C27H30N2O6S/c1-19-14-25(20(2)29(19)17-23-11-7-13-34-23)26(30)18-35-27(31)22-10-6-12-24(15-22)36(32,33)28-16-21-8-4-3-5-9-21/h3-6,8-10,12,14-15,23,28H,7,11,13,16-18H2,1-2H3. The molecule has 1 aliphatic heterocycles. The Kier molecular flexibility index (Phi) is 8.03. The molecule has 1 atom stereocenters. The van der Waals surface area contributed by atoms with E-state index in [1.54, 1.807) is 6.07 Å². The van der Waals surface area contributed by atoms with Gasteiger partial charge in [0.1, 0.15) is 0 Å². The Labute approximate surface area is 211 Å². The minimum Gasteiger partial charge on any atom is -0.454 e. The molecule has 1 saturated heterocycles. The van der Waals surface area contributed by atoms with Crippen LogP contribution in [0.3, 0.4) is 0 Å². The van der Waals surface area contributed by atoms with Crippen molar-refractivity contribution in [1.29, 1.82) is 0 Å². The van der Waals surface area contributed by atoms with Gasteiger partial charge < -0.3 is 14.0 Å². The molecular formula is C27H30N2O6S. The average Bonchev–Trinajstić information content (AvgIpc) is 3.50. The second kappa shape index (κ2) is 11.2. The van der Waals surface area contributed by atoms with Crippen molar-refractivity contribution in [3.8, 4) is 0 Å². The number of hydrogen-bond donors (Lipinski definition) is 1. The van der Waals surface area contributed by atoms with Crippen molar-refractivity contribution in [2.75, 3.05) is 13.2 Å². The Bertz CT molecular complexity index is 1340. The Morgan fingerprint density at radius 2 is 1.86 bits per heavy atom. The van der Waals surface area contributed by atoms with Crippen LogP contribution < -0.4 is 4.72 Å². The fourth-order valence-corrected chi connectivity index (χ4v) is 5.36. The van der Waals surface area contributed by atoms with E-state index >= 15 is 0 Å². The minimum absolute atomic E-state index is 0.0502. The van der Waals surface area contributed by atoms with E-state index in [-0.39, 0.29) is 28.9 Å². The van der Waals surface area contributed by atoms with Gasteiger partial charge in [-0.15, -0.1) is 0 Å². The number of carbonyl (C=O) groups excluding carboxylic acids is 2.